The average molecular weight is 474 g/mol. The smallest absolute Gasteiger partial charge is 0.260 e. The van der Waals surface area contributed by atoms with Crippen LogP contribution < -0.4 is 4.90 Å². The van der Waals surface area contributed by atoms with Crippen LogP contribution in [0, 0.1) is 5.92 Å². The Balaban J connectivity index is 1.18. The van der Waals surface area contributed by atoms with Crippen molar-refractivity contribution in [2.45, 2.75) is 56.7 Å². The number of carbonyl (C=O) groups is 3. The van der Waals surface area contributed by atoms with Crippen LogP contribution in [0.25, 0.3) is 0 Å². The Morgan fingerprint density at radius 1 is 0.971 bits per heavy atom. The van der Waals surface area contributed by atoms with Crippen molar-refractivity contribution in [3.8, 4) is 0 Å². The largest absolute Gasteiger partial charge is 0.389 e. The van der Waals surface area contributed by atoms with Crippen LogP contribution in [0.5, 0.6) is 0 Å². The monoisotopic (exact) mass is 473 g/mol. The number of fused-ring (bicyclic) bond motifs is 6. The number of piperidine rings is 1. The number of anilines is 1. The molecule has 3 aliphatic heterocycles. The van der Waals surface area contributed by atoms with Crippen molar-refractivity contribution in [1.29, 1.82) is 0 Å². The number of aliphatic hydroxyl groups is 1. The van der Waals surface area contributed by atoms with Crippen LogP contribution in [0.3, 0.4) is 0 Å². The van der Waals surface area contributed by atoms with E-state index >= 15 is 0 Å². The molecule has 3 atom stereocenters. The normalized spacial score (nSPS) is 27.3. The summed E-state index contributed by atoms with van der Waals surface area (Å²) in [5, 5.41) is 10.9. The lowest BCUT2D eigenvalue weighted by molar-refractivity contribution is -0.143. The summed E-state index contributed by atoms with van der Waals surface area (Å²) in [7, 11) is 0. The quantitative estimate of drug-likeness (QED) is 0.734. The summed E-state index contributed by atoms with van der Waals surface area (Å²) < 4.78 is 0. The number of benzene rings is 2. The van der Waals surface area contributed by atoms with E-state index in [-0.39, 0.29) is 23.6 Å². The summed E-state index contributed by atoms with van der Waals surface area (Å²) in [5.74, 6) is 0.0508. The minimum atomic E-state index is -0.603. The van der Waals surface area contributed by atoms with Crippen LogP contribution in [0.15, 0.2) is 48.5 Å². The number of nitrogens with zero attached hydrogens (tertiary/aromatic N) is 3. The van der Waals surface area contributed by atoms with E-state index in [2.05, 4.69) is 0 Å². The second-order valence-electron chi connectivity index (χ2n) is 10.4. The zero-order valence-corrected chi connectivity index (χ0v) is 19.9. The maximum atomic E-state index is 13.5. The van der Waals surface area contributed by atoms with Gasteiger partial charge in [-0.3, -0.25) is 19.3 Å². The van der Waals surface area contributed by atoms with Crippen molar-refractivity contribution in [3.05, 3.63) is 65.2 Å². The molecule has 7 nitrogen and oxygen atoms in total. The lowest BCUT2D eigenvalue weighted by atomic mass is 9.71. The van der Waals surface area contributed by atoms with E-state index in [4.69, 9.17) is 0 Å². The molecule has 0 aromatic heterocycles. The van der Waals surface area contributed by atoms with Gasteiger partial charge in [0.05, 0.1) is 16.9 Å². The molecule has 4 aliphatic rings. The van der Waals surface area contributed by atoms with Gasteiger partial charge >= 0.3 is 0 Å². The van der Waals surface area contributed by atoms with Gasteiger partial charge in [0.1, 0.15) is 6.17 Å². The molecule has 0 spiro atoms. The standard InChI is InChI=1S/C28H31N3O4/c32-24(29-17-15-28(35)14-6-5-8-19(28)18-29)13-7-16-30-25-20-9-1-2-10-21(20)27(34)31(25)23-12-4-3-11-22(23)26(30)33/h1-4,9-12,19,25,35H,5-8,13-18H2/t19-,25-,28-/m1/s1. The number of carbonyl (C=O) groups excluding carboxylic acids is 3. The summed E-state index contributed by atoms with van der Waals surface area (Å²) in [6.07, 6.45) is 5.05. The van der Waals surface area contributed by atoms with Gasteiger partial charge in [0.15, 0.2) is 0 Å². The number of hydrogen-bond donors (Lipinski definition) is 1. The van der Waals surface area contributed by atoms with Crippen molar-refractivity contribution in [2.24, 2.45) is 5.92 Å². The fraction of sp³-hybridized carbons (Fsp3) is 0.464. The highest BCUT2D eigenvalue weighted by Gasteiger charge is 2.47. The third-order valence-electron chi connectivity index (χ3n) is 8.45. The third-order valence-corrected chi connectivity index (χ3v) is 8.45. The second-order valence-corrected chi connectivity index (χ2v) is 10.4. The SMILES string of the molecule is O=C(CCCN1C(=O)c2ccccc2N2C(=O)c3ccccc3[C@H]12)N1CC[C@]2(O)CCCC[C@@H]2C1. The molecule has 2 aromatic rings. The molecular formula is C28H31N3O4. The molecule has 2 fully saturated rings. The zero-order chi connectivity index (χ0) is 24.2. The molecule has 3 amide bonds. The van der Waals surface area contributed by atoms with Gasteiger partial charge in [-0.1, -0.05) is 43.2 Å². The van der Waals surface area contributed by atoms with Crippen LogP contribution in [-0.4, -0.2) is 57.9 Å². The first-order valence-corrected chi connectivity index (χ1v) is 12.8. The molecule has 1 saturated heterocycles. The van der Waals surface area contributed by atoms with E-state index in [1.807, 2.05) is 47.4 Å². The Bertz CT molecular complexity index is 1200. The molecule has 182 valence electrons. The third kappa shape index (κ3) is 3.56. The minimum Gasteiger partial charge on any atom is -0.389 e. The molecular weight excluding hydrogens is 442 g/mol. The maximum Gasteiger partial charge on any atom is 0.260 e. The second kappa shape index (κ2) is 8.48. The molecule has 7 heteroatoms. The minimum absolute atomic E-state index is 0.0854. The van der Waals surface area contributed by atoms with Crippen molar-refractivity contribution in [1.82, 2.24) is 9.80 Å². The number of amides is 3. The first-order valence-electron chi connectivity index (χ1n) is 12.8. The Morgan fingerprint density at radius 2 is 1.74 bits per heavy atom. The predicted molar refractivity (Wildman–Crippen MR) is 131 cm³/mol. The number of rotatable bonds is 4. The lowest BCUT2D eigenvalue weighted by Crippen LogP contribution is -2.54. The van der Waals surface area contributed by atoms with E-state index < -0.39 is 11.8 Å². The highest BCUT2D eigenvalue weighted by molar-refractivity contribution is 6.16. The van der Waals surface area contributed by atoms with Crippen LogP contribution in [0.2, 0.25) is 0 Å². The average Bonchev–Trinajstić information content (AvgIpc) is 3.18. The maximum absolute atomic E-state index is 13.5. The fourth-order valence-electron chi connectivity index (χ4n) is 6.56. The molecule has 0 unspecified atom stereocenters. The van der Waals surface area contributed by atoms with Gasteiger partial charge in [0.25, 0.3) is 11.8 Å². The number of para-hydroxylation sites is 1. The van der Waals surface area contributed by atoms with Crippen LogP contribution in [0.1, 0.15) is 77.4 Å². The first-order chi connectivity index (χ1) is 17.0. The van der Waals surface area contributed by atoms with E-state index in [0.29, 0.717) is 55.7 Å². The molecule has 1 saturated carbocycles. The van der Waals surface area contributed by atoms with Gasteiger partial charge in [0, 0.05) is 43.1 Å². The van der Waals surface area contributed by atoms with E-state index in [9.17, 15) is 19.5 Å². The van der Waals surface area contributed by atoms with E-state index in [0.717, 1.165) is 31.2 Å². The highest BCUT2D eigenvalue weighted by atomic mass is 16.3. The predicted octanol–water partition coefficient (Wildman–Crippen LogP) is 3.74. The molecule has 0 radical (unpaired) electrons. The summed E-state index contributed by atoms with van der Waals surface area (Å²) in [4.78, 5) is 45.2. The highest BCUT2D eigenvalue weighted by Crippen LogP contribution is 2.45. The van der Waals surface area contributed by atoms with Gasteiger partial charge in [0.2, 0.25) is 5.91 Å². The number of hydrogen-bond acceptors (Lipinski definition) is 4. The Morgan fingerprint density at radius 3 is 2.60 bits per heavy atom. The molecule has 3 heterocycles. The fourth-order valence-corrected chi connectivity index (χ4v) is 6.56. The molecule has 6 rings (SSSR count). The Kier molecular flexibility index (Phi) is 5.40. The van der Waals surface area contributed by atoms with Crippen LogP contribution >= 0.6 is 0 Å². The van der Waals surface area contributed by atoms with Gasteiger partial charge in [-0.25, -0.2) is 0 Å². The zero-order valence-electron chi connectivity index (χ0n) is 19.9. The Hall–Kier alpha value is -3.19. The van der Waals surface area contributed by atoms with Crippen molar-refractivity contribution in [2.75, 3.05) is 24.5 Å². The van der Waals surface area contributed by atoms with E-state index in [1.54, 1.807) is 15.9 Å². The summed E-state index contributed by atoms with van der Waals surface area (Å²) in [6.45, 7) is 1.62. The summed E-state index contributed by atoms with van der Waals surface area (Å²) in [5.41, 5.74) is 2.01. The molecule has 1 N–H and O–H groups in total. The topological polar surface area (TPSA) is 81.2 Å². The lowest BCUT2D eigenvalue weighted by Gasteiger charge is -2.47. The molecule has 0 bridgehead atoms. The molecule has 35 heavy (non-hydrogen) atoms. The number of likely N-dealkylation sites (tertiary alicyclic amines) is 1. The van der Waals surface area contributed by atoms with Gasteiger partial charge < -0.3 is 14.9 Å². The molecule has 2 aromatic carbocycles. The van der Waals surface area contributed by atoms with E-state index in [1.165, 1.54) is 0 Å². The first kappa shape index (κ1) is 22.3. The van der Waals surface area contributed by atoms with Gasteiger partial charge in [-0.05, 0) is 43.9 Å². The van der Waals surface area contributed by atoms with Gasteiger partial charge in [-0.2, -0.15) is 0 Å². The van der Waals surface area contributed by atoms with Crippen molar-refractivity contribution >= 4 is 23.4 Å². The van der Waals surface area contributed by atoms with Crippen molar-refractivity contribution < 1.29 is 19.5 Å². The summed E-state index contributed by atoms with van der Waals surface area (Å²) >= 11 is 0. The van der Waals surface area contributed by atoms with Crippen molar-refractivity contribution in [3.63, 3.8) is 0 Å². The van der Waals surface area contributed by atoms with Crippen LogP contribution in [0.4, 0.5) is 5.69 Å². The van der Waals surface area contributed by atoms with Gasteiger partial charge in [-0.15, -0.1) is 0 Å². The Labute approximate surface area is 205 Å². The van der Waals surface area contributed by atoms with Crippen LogP contribution in [-0.2, 0) is 4.79 Å². The summed E-state index contributed by atoms with van der Waals surface area (Å²) in [6, 6.07) is 14.7. The molecule has 1 aliphatic carbocycles.